The van der Waals surface area contributed by atoms with Gasteiger partial charge in [-0.15, -0.1) is 0 Å². The van der Waals surface area contributed by atoms with Crippen LogP contribution in [0.5, 0.6) is 5.75 Å². The molecule has 1 aromatic carbocycles. The zero-order chi connectivity index (χ0) is 14.0. The van der Waals surface area contributed by atoms with Crippen molar-refractivity contribution in [2.24, 2.45) is 0 Å². The average molecular weight is 272 g/mol. The summed E-state index contributed by atoms with van der Waals surface area (Å²) in [6.45, 7) is 5.59. The first kappa shape index (κ1) is 14.8. The van der Waals surface area contributed by atoms with Crippen LogP contribution in [0.4, 0.5) is 5.69 Å². The minimum absolute atomic E-state index is 0.148. The lowest BCUT2D eigenvalue weighted by molar-refractivity contribution is 0.414. The molecule has 0 aliphatic heterocycles. The van der Waals surface area contributed by atoms with Crippen LogP contribution in [0, 0.1) is 0 Å². The van der Waals surface area contributed by atoms with Crippen LogP contribution in [-0.4, -0.2) is 21.1 Å². The highest BCUT2D eigenvalue weighted by molar-refractivity contribution is 7.89. The number of anilines is 1. The number of nitrogens with two attached hydrogens (primary N) is 1. The summed E-state index contributed by atoms with van der Waals surface area (Å²) >= 11 is 0. The Morgan fingerprint density at radius 3 is 2.50 bits per heavy atom. The molecule has 0 atom stereocenters. The number of benzene rings is 1. The summed E-state index contributed by atoms with van der Waals surface area (Å²) in [6.07, 6.45) is 0.693. The Morgan fingerprint density at radius 1 is 1.39 bits per heavy atom. The van der Waals surface area contributed by atoms with Crippen molar-refractivity contribution >= 4 is 15.7 Å². The second-order valence-electron chi connectivity index (χ2n) is 4.75. The summed E-state index contributed by atoms with van der Waals surface area (Å²) in [6, 6.07) is 4.40. The molecule has 1 rings (SSSR count). The van der Waals surface area contributed by atoms with Crippen molar-refractivity contribution in [3.8, 4) is 5.75 Å². The molecule has 0 fully saturated rings. The Kier molecular flexibility index (Phi) is 4.24. The fraction of sp³-hybridized carbons (Fsp3) is 0.500. The van der Waals surface area contributed by atoms with Crippen molar-refractivity contribution in [3.63, 3.8) is 0 Å². The first-order valence-corrected chi connectivity index (χ1v) is 7.17. The number of rotatable bonds is 5. The van der Waals surface area contributed by atoms with Crippen LogP contribution in [0.25, 0.3) is 0 Å². The van der Waals surface area contributed by atoms with Crippen LogP contribution < -0.4 is 15.2 Å². The molecule has 0 heterocycles. The summed E-state index contributed by atoms with van der Waals surface area (Å²) in [5.41, 5.74) is 5.57. The molecule has 5 nitrogen and oxygen atoms in total. The summed E-state index contributed by atoms with van der Waals surface area (Å²) in [4.78, 5) is 0.148. The second kappa shape index (κ2) is 5.16. The second-order valence-corrected chi connectivity index (χ2v) is 6.43. The predicted octanol–water partition coefficient (Wildman–Crippen LogP) is 1.74. The maximum Gasteiger partial charge on any atom is 0.241 e. The van der Waals surface area contributed by atoms with Crippen LogP contribution in [-0.2, 0) is 10.0 Å². The number of sulfonamides is 1. The third-order valence-corrected chi connectivity index (χ3v) is 4.51. The molecule has 0 aliphatic rings. The monoisotopic (exact) mass is 272 g/mol. The number of hydrogen-bond donors (Lipinski definition) is 2. The van der Waals surface area contributed by atoms with Crippen molar-refractivity contribution in [3.05, 3.63) is 18.2 Å². The maximum absolute atomic E-state index is 12.2. The largest absolute Gasteiger partial charge is 0.495 e. The van der Waals surface area contributed by atoms with E-state index in [1.54, 1.807) is 0 Å². The lowest BCUT2D eigenvalue weighted by Gasteiger charge is -2.24. The van der Waals surface area contributed by atoms with E-state index < -0.39 is 15.6 Å². The third kappa shape index (κ3) is 3.36. The van der Waals surface area contributed by atoms with Gasteiger partial charge >= 0.3 is 0 Å². The molecular weight excluding hydrogens is 252 g/mol. The fourth-order valence-electron chi connectivity index (χ4n) is 1.35. The van der Waals surface area contributed by atoms with E-state index >= 15 is 0 Å². The van der Waals surface area contributed by atoms with Crippen LogP contribution in [0.15, 0.2) is 23.1 Å². The lowest BCUT2D eigenvalue weighted by atomic mass is 10.0. The van der Waals surface area contributed by atoms with E-state index in [9.17, 15) is 8.42 Å². The first-order valence-electron chi connectivity index (χ1n) is 5.69. The summed E-state index contributed by atoms with van der Waals surface area (Å²) < 4.78 is 32.0. The zero-order valence-corrected chi connectivity index (χ0v) is 12.0. The van der Waals surface area contributed by atoms with E-state index in [1.165, 1.54) is 25.3 Å². The van der Waals surface area contributed by atoms with Crippen molar-refractivity contribution in [2.75, 3.05) is 12.8 Å². The first-order chi connectivity index (χ1) is 8.22. The Bertz CT molecular complexity index is 524. The van der Waals surface area contributed by atoms with Crippen LogP contribution in [0.3, 0.4) is 0 Å². The number of nitrogens with one attached hydrogen (secondary N) is 1. The zero-order valence-electron chi connectivity index (χ0n) is 11.1. The standard InChI is InChI=1S/C12H20N2O3S/c1-5-12(2,3)14-18(15,16)9-6-7-10(13)11(8-9)17-4/h6-8,14H,5,13H2,1-4H3. The van der Waals surface area contributed by atoms with E-state index in [2.05, 4.69) is 4.72 Å². The van der Waals surface area contributed by atoms with Crippen molar-refractivity contribution in [1.29, 1.82) is 0 Å². The van der Waals surface area contributed by atoms with Gasteiger partial charge in [-0.2, -0.15) is 0 Å². The van der Waals surface area contributed by atoms with Crippen molar-refractivity contribution < 1.29 is 13.2 Å². The van der Waals surface area contributed by atoms with Gasteiger partial charge in [-0.05, 0) is 32.4 Å². The van der Waals surface area contributed by atoms with Gasteiger partial charge in [0.05, 0.1) is 17.7 Å². The van der Waals surface area contributed by atoms with Gasteiger partial charge in [0.15, 0.2) is 0 Å². The van der Waals surface area contributed by atoms with Crippen molar-refractivity contribution in [2.45, 2.75) is 37.6 Å². The lowest BCUT2D eigenvalue weighted by Crippen LogP contribution is -2.42. The van der Waals surface area contributed by atoms with E-state index in [1.807, 2.05) is 20.8 Å². The molecule has 0 saturated heterocycles. The van der Waals surface area contributed by atoms with Gasteiger partial charge in [-0.25, -0.2) is 13.1 Å². The van der Waals surface area contributed by atoms with E-state index in [-0.39, 0.29) is 4.90 Å². The summed E-state index contributed by atoms with van der Waals surface area (Å²) in [5, 5.41) is 0. The molecule has 0 saturated carbocycles. The Morgan fingerprint density at radius 2 is 2.00 bits per heavy atom. The van der Waals surface area contributed by atoms with E-state index in [0.717, 1.165) is 0 Å². The maximum atomic E-state index is 12.2. The average Bonchev–Trinajstić information content (AvgIpc) is 2.28. The smallest absolute Gasteiger partial charge is 0.241 e. The van der Waals surface area contributed by atoms with Gasteiger partial charge in [-0.3, -0.25) is 0 Å². The predicted molar refractivity (Wildman–Crippen MR) is 72.1 cm³/mol. The summed E-state index contributed by atoms with van der Waals surface area (Å²) in [7, 11) is -2.12. The van der Waals surface area contributed by atoms with E-state index in [0.29, 0.717) is 17.9 Å². The molecular formula is C12H20N2O3S. The Labute approximate surface area is 108 Å². The molecule has 0 radical (unpaired) electrons. The van der Waals surface area contributed by atoms with Crippen molar-refractivity contribution in [1.82, 2.24) is 4.72 Å². The summed E-state index contributed by atoms with van der Waals surface area (Å²) in [5.74, 6) is 0.354. The van der Waals surface area contributed by atoms with Crippen LogP contribution in [0.2, 0.25) is 0 Å². The van der Waals surface area contributed by atoms with Crippen LogP contribution >= 0.6 is 0 Å². The molecule has 18 heavy (non-hydrogen) atoms. The molecule has 6 heteroatoms. The van der Waals surface area contributed by atoms with E-state index in [4.69, 9.17) is 10.5 Å². The minimum atomic E-state index is -3.56. The quantitative estimate of drug-likeness (QED) is 0.800. The highest BCUT2D eigenvalue weighted by atomic mass is 32.2. The highest BCUT2D eigenvalue weighted by Crippen LogP contribution is 2.25. The Hall–Kier alpha value is -1.27. The van der Waals surface area contributed by atoms with Gasteiger partial charge in [0.2, 0.25) is 10.0 Å². The molecule has 0 aromatic heterocycles. The van der Waals surface area contributed by atoms with Gasteiger partial charge in [0.25, 0.3) is 0 Å². The fourth-order valence-corrected chi connectivity index (χ4v) is 2.85. The molecule has 0 amide bonds. The highest BCUT2D eigenvalue weighted by Gasteiger charge is 2.25. The van der Waals surface area contributed by atoms with Gasteiger partial charge in [0, 0.05) is 11.6 Å². The topological polar surface area (TPSA) is 81.4 Å². The van der Waals surface area contributed by atoms with Crippen LogP contribution in [0.1, 0.15) is 27.2 Å². The molecule has 0 unspecified atom stereocenters. The molecule has 0 bridgehead atoms. The normalized spacial score (nSPS) is 12.4. The molecule has 0 aliphatic carbocycles. The molecule has 0 spiro atoms. The number of nitrogen functional groups attached to an aromatic ring is 1. The Balaban J connectivity index is 3.13. The SMILES string of the molecule is CCC(C)(C)NS(=O)(=O)c1ccc(N)c(OC)c1. The number of hydrogen-bond acceptors (Lipinski definition) is 4. The van der Waals surface area contributed by atoms with Gasteiger partial charge < -0.3 is 10.5 Å². The molecule has 1 aromatic rings. The third-order valence-electron chi connectivity index (χ3n) is 2.81. The molecule has 3 N–H and O–H groups in total. The van der Waals surface area contributed by atoms with Gasteiger partial charge in [-0.1, -0.05) is 6.92 Å². The number of ether oxygens (including phenoxy) is 1. The minimum Gasteiger partial charge on any atom is -0.495 e. The number of methoxy groups -OCH3 is 1. The molecule has 102 valence electrons. The van der Waals surface area contributed by atoms with Gasteiger partial charge in [0.1, 0.15) is 5.75 Å².